The van der Waals surface area contributed by atoms with Crippen LogP contribution < -0.4 is 0 Å². The Morgan fingerprint density at radius 1 is 0.857 bits per heavy atom. The first-order valence-electron chi connectivity index (χ1n) is 9.48. The molecule has 0 radical (unpaired) electrons. The van der Waals surface area contributed by atoms with Crippen LogP contribution in [0.2, 0.25) is 0 Å². The highest BCUT2D eigenvalue weighted by Crippen LogP contribution is 2.72. The van der Waals surface area contributed by atoms with Crippen molar-refractivity contribution in [1.29, 1.82) is 0 Å². The molecule has 4 fully saturated rings. The van der Waals surface area contributed by atoms with E-state index in [-0.39, 0.29) is 11.5 Å². The van der Waals surface area contributed by atoms with Crippen molar-refractivity contribution in [2.24, 2.45) is 39.9 Å². The molecule has 1 N–H and O–H groups in total. The number of hydrogen-bond donors (Lipinski definition) is 1. The number of hydrogen-bond acceptors (Lipinski definition) is 1. The fourth-order valence-electron chi connectivity index (χ4n) is 8.00. The number of aliphatic hydroxyl groups excluding tert-OH is 1. The molecule has 0 saturated heterocycles. The van der Waals surface area contributed by atoms with Crippen molar-refractivity contribution in [3.63, 3.8) is 0 Å². The summed E-state index contributed by atoms with van der Waals surface area (Å²) in [6, 6.07) is 0. The fourth-order valence-corrected chi connectivity index (χ4v) is 8.00. The predicted octanol–water partition coefficient (Wildman–Crippen LogP) is 5.03. The highest BCUT2D eigenvalue weighted by Gasteiger charge is 2.65. The molecule has 4 rings (SSSR count). The van der Waals surface area contributed by atoms with E-state index in [1.54, 1.807) is 0 Å². The van der Waals surface area contributed by atoms with Crippen LogP contribution in [0.4, 0.5) is 0 Å². The third-order valence-electron chi connectivity index (χ3n) is 8.92. The zero-order valence-corrected chi connectivity index (χ0v) is 14.5. The second kappa shape index (κ2) is 4.28. The average Bonchev–Trinajstić information content (AvgIpc) is 2.65. The molecule has 1 spiro atoms. The molecule has 4 aliphatic carbocycles. The molecule has 4 saturated carbocycles. The molecule has 0 heterocycles. The molecule has 120 valence electrons. The SMILES string of the molecule is C[C@@H]1C[C@]23CC[C@H]4C(C)(C)CCC(O)[C@]4(C)[C@@H]2CC[C@@H]1C3. The summed E-state index contributed by atoms with van der Waals surface area (Å²) in [6.07, 6.45) is 10.8. The van der Waals surface area contributed by atoms with E-state index in [9.17, 15) is 5.11 Å². The van der Waals surface area contributed by atoms with Crippen molar-refractivity contribution < 1.29 is 5.11 Å². The van der Waals surface area contributed by atoms with Gasteiger partial charge in [-0.25, -0.2) is 0 Å². The van der Waals surface area contributed by atoms with Crippen LogP contribution in [0.1, 0.15) is 79.1 Å². The van der Waals surface area contributed by atoms with Crippen molar-refractivity contribution >= 4 is 0 Å². The minimum absolute atomic E-state index is 0.0508. The second-order valence-corrected chi connectivity index (χ2v) is 10.1. The summed E-state index contributed by atoms with van der Waals surface area (Å²) >= 11 is 0. The molecule has 2 bridgehead atoms. The molecule has 0 aromatic heterocycles. The Morgan fingerprint density at radius 3 is 2.38 bits per heavy atom. The van der Waals surface area contributed by atoms with E-state index in [2.05, 4.69) is 27.7 Å². The van der Waals surface area contributed by atoms with Crippen molar-refractivity contribution in [2.45, 2.75) is 85.2 Å². The minimum atomic E-state index is -0.0508. The third-order valence-corrected chi connectivity index (χ3v) is 8.92. The molecule has 1 heteroatoms. The van der Waals surface area contributed by atoms with Crippen LogP contribution >= 0.6 is 0 Å². The lowest BCUT2D eigenvalue weighted by atomic mass is 9.40. The summed E-state index contributed by atoms with van der Waals surface area (Å²) in [6.45, 7) is 9.93. The van der Waals surface area contributed by atoms with Crippen LogP contribution in [-0.2, 0) is 0 Å². The van der Waals surface area contributed by atoms with Crippen LogP contribution in [-0.4, -0.2) is 11.2 Å². The summed E-state index contributed by atoms with van der Waals surface area (Å²) in [5.41, 5.74) is 1.22. The number of aliphatic hydroxyl groups is 1. The second-order valence-electron chi connectivity index (χ2n) is 10.1. The summed E-state index contributed by atoms with van der Waals surface area (Å²) in [7, 11) is 0. The van der Waals surface area contributed by atoms with E-state index in [1.807, 2.05) is 0 Å². The highest BCUT2D eigenvalue weighted by atomic mass is 16.3. The van der Waals surface area contributed by atoms with Crippen molar-refractivity contribution in [3.05, 3.63) is 0 Å². The first kappa shape index (κ1) is 14.5. The Morgan fingerprint density at radius 2 is 1.62 bits per heavy atom. The zero-order chi connectivity index (χ0) is 15.0. The smallest absolute Gasteiger partial charge is 0.0599 e. The van der Waals surface area contributed by atoms with Gasteiger partial charge in [-0.1, -0.05) is 27.7 Å². The number of rotatable bonds is 0. The quantitative estimate of drug-likeness (QED) is 0.663. The lowest BCUT2D eigenvalue weighted by Crippen LogP contribution is -2.61. The molecule has 21 heavy (non-hydrogen) atoms. The van der Waals surface area contributed by atoms with E-state index in [0.29, 0.717) is 10.8 Å². The Labute approximate surface area is 130 Å². The molecule has 0 aromatic carbocycles. The highest BCUT2D eigenvalue weighted by molar-refractivity contribution is 5.14. The fraction of sp³-hybridized carbons (Fsp3) is 1.00. The Balaban J connectivity index is 1.76. The first-order valence-corrected chi connectivity index (χ1v) is 9.48. The van der Waals surface area contributed by atoms with Gasteiger partial charge in [0.25, 0.3) is 0 Å². The lowest BCUT2D eigenvalue weighted by Gasteiger charge is -2.65. The maximum atomic E-state index is 11.0. The van der Waals surface area contributed by atoms with Gasteiger partial charge in [0, 0.05) is 5.41 Å². The van der Waals surface area contributed by atoms with Crippen LogP contribution in [0.25, 0.3) is 0 Å². The van der Waals surface area contributed by atoms with Crippen LogP contribution in [0.3, 0.4) is 0 Å². The molecule has 4 aliphatic rings. The molecule has 7 atom stereocenters. The Hall–Kier alpha value is -0.0400. The summed E-state index contributed by atoms with van der Waals surface area (Å²) in [4.78, 5) is 0. The number of fused-ring (bicyclic) bond motifs is 3. The van der Waals surface area contributed by atoms with Gasteiger partial charge in [0.15, 0.2) is 0 Å². The minimum Gasteiger partial charge on any atom is -0.393 e. The Kier molecular flexibility index (Phi) is 2.96. The molecule has 1 nitrogen and oxygen atoms in total. The third kappa shape index (κ3) is 1.73. The average molecular weight is 290 g/mol. The molecular formula is C20H34O. The molecule has 1 unspecified atom stereocenters. The largest absolute Gasteiger partial charge is 0.393 e. The van der Waals surface area contributed by atoms with Gasteiger partial charge in [-0.2, -0.15) is 0 Å². The molecule has 0 aromatic rings. The topological polar surface area (TPSA) is 20.2 Å². The first-order chi connectivity index (χ1) is 9.80. The van der Waals surface area contributed by atoms with Gasteiger partial charge in [0.05, 0.1) is 6.10 Å². The van der Waals surface area contributed by atoms with Gasteiger partial charge in [0.1, 0.15) is 0 Å². The van der Waals surface area contributed by atoms with E-state index in [1.165, 1.54) is 44.9 Å². The Bertz CT molecular complexity index is 437. The van der Waals surface area contributed by atoms with E-state index >= 15 is 0 Å². The van der Waals surface area contributed by atoms with Crippen molar-refractivity contribution in [3.8, 4) is 0 Å². The maximum absolute atomic E-state index is 11.0. The van der Waals surface area contributed by atoms with Crippen molar-refractivity contribution in [2.75, 3.05) is 0 Å². The maximum Gasteiger partial charge on any atom is 0.0599 e. The van der Waals surface area contributed by atoms with Gasteiger partial charge in [-0.3, -0.25) is 0 Å². The van der Waals surface area contributed by atoms with Gasteiger partial charge in [-0.15, -0.1) is 0 Å². The zero-order valence-electron chi connectivity index (χ0n) is 14.5. The summed E-state index contributed by atoms with van der Waals surface area (Å²) < 4.78 is 0. The summed E-state index contributed by atoms with van der Waals surface area (Å²) in [5, 5.41) is 11.0. The van der Waals surface area contributed by atoms with Crippen LogP contribution in [0, 0.1) is 39.9 Å². The van der Waals surface area contributed by atoms with E-state index < -0.39 is 0 Å². The standard InChI is InChI=1S/C20H34O/c1-13-11-20-10-7-15-18(2,3)9-8-17(21)19(15,4)16(20)6-5-14(13)12-20/h13-17,21H,5-12H2,1-4H3/t13-,14-,15+,16+,17?,19+,20+/m1/s1. The normalized spacial score (nSPS) is 58.4. The van der Waals surface area contributed by atoms with Gasteiger partial charge in [0.2, 0.25) is 0 Å². The molecular weight excluding hydrogens is 256 g/mol. The van der Waals surface area contributed by atoms with E-state index in [4.69, 9.17) is 0 Å². The monoisotopic (exact) mass is 290 g/mol. The van der Waals surface area contributed by atoms with Gasteiger partial charge >= 0.3 is 0 Å². The lowest BCUT2D eigenvalue weighted by molar-refractivity contribution is -0.199. The van der Waals surface area contributed by atoms with Gasteiger partial charge in [-0.05, 0) is 85.9 Å². The summed E-state index contributed by atoms with van der Waals surface area (Å²) in [5.74, 6) is 3.45. The van der Waals surface area contributed by atoms with Crippen LogP contribution in [0.15, 0.2) is 0 Å². The van der Waals surface area contributed by atoms with Crippen molar-refractivity contribution in [1.82, 2.24) is 0 Å². The van der Waals surface area contributed by atoms with Gasteiger partial charge < -0.3 is 5.11 Å². The predicted molar refractivity (Wildman–Crippen MR) is 86.9 cm³/mol. The molecule has 0 aliphatic heterocycles. The molecule has 0 amide bonds. The van der Waals surface area contributed by atoms with E-state index in [0.717, 1.165) is 30.1 Å². The van der Waals surface area contributed by atoms with Crippen LogP contribution in [0.5, 0.6) is 0 Å².